The first-order valence-electron chi connectivity index (χ1n) is 6.58. The van der Waals surface area contributed by atoms with E-state index in [4.69, 9.17) is 10.8 Å². The molecule has 3 N–H and O–H groups in total. The van der Waals surface area contributed by atoms with Crippen LogP contribution in [0.4, 0.5) is 0 Å². The second-order valence-electron chi connectivity index (χ2n) is 6.40. The molecule has 2 heteroatoms. The van der Waals surface area contributed by atoms with Gasteiger partial charge in [-0.1, -0.05) is 0 Å². The summed E-state index contributed by atoms with van der Waals surface area (Å²) < 4.78 is 0. The molecule has 0 aromatic rings. The van der Waals surface area contributed by atoms with Gasteiger partial charge in [-0.15, -0.1) is 0 Å². The van der Waals surface area contributed by atoms with Gasteiger partial charge in [0.15, 0.2) is 0 Å². The average molecular weight is 209 g/mol. The highest BCUT2D eigenvalue weighted by Crippen LogP contribution is 2.61. The molecule has 4 aliphatic rings. The third-order valence-corrected chi connectivity index (χ3v) is 5.31. The van der Waals surface area contributed by atoms with Crippen molar-refractivity contribution in [1.82, 2.24) is 0 Å². The molecule has 1 atom stereocenters. The molecule has 0 amide bonds. The van der Waals surface area contributed by atoms with Gasteiger partial charge in [-0.25, -0.2) is 0 Å². The van der Waals surface area contributed by atoms with Crippen molar-refractivity contribution in [2.75, 3.05) is 6.61 Å². The average Bonchev–Trinajstić information content (AvgIpc) is 2.15. The van der Waals surface area contributed by atoms with Crippen LogP contribution in [0.3, 0.4) is 0 Å². The van der Waals surface area contributed by atoms with Crippen LogP contribution in [0.25, 0.3) is 0 Å². The lowest BCUT2D eigenvalue weighted by molar-refractivity contribution is -0.0699. The first-order chi connectivity index (χ1) is 7.22. The second-order valence-corrected chi connectivity index (χ2v) is 6.40. The fraction of sp³-hybridized carbons (Fsp3) is 1.00. The molecular formula is C13H23NO. The molecule has 2 nitrogen and oxygen atoms in total. The van der Waals surface area contributed by atoms with Crippen LogP contribution in [0, 0.1) is 23.2 Å². The van der Waals surface area contributed by atoms with Gasteiger partial charge in [0.25, 0.3) is 0 Å². The maximum absolute atomic E-state index is 9.06. The molecule has 4 aliphatic carbocycles. The maximum Gasteiger partial charge on any atom is 0.0445 e. The predicted molar refractivity (Wildman–Crippen MR) is 60.3 cm³/mol. The van der Waals surface area contributed by atoms with Crippen molar-refractivity contribution in [3.8, 4) is 0 Å². The zero-order chi connectivity index (χ0) is 10.5. The summed E-state index contributed by atoms with van der Waals surface area (Å²) in [4.78, 5) is 0. The Balaban J connectivity index is 1.80. The third-order valence-electron chi connectivity index (χ3n) is 5.31. The van der Waals surface area contributed by atoms with E-state index in [1.165, 1.54) is 38.5 Å². The van der Waals surface area contributed by atoms with Crippen LogP contribution in [-0.4, -0.2) is 17.8 Å². The van der Waals surface area contributed by atoms with E-state index in [2.05, 4.69) is 0 Å². The summed E-state index contributed by atoms with van der Waals surface area (Å²) in [5.41, 5.74) is 6.75. The molecule has 0 saturated heterocycles. The van der Waals surface area contributed by atoms with Gasteiger partial charge in [-0.05, 0) is 68.1 Å². The van der Waals surface area contributed by atoms with E-state index in [0.717, 1.165) is 24.2 Å². The molecular weight excluding hydrogens is 186 g/mol. The molecule has 0 spiro atoms. The molecule has 15 heavy (non-hydrogen) atoms. The van der Waals surface area contributed by atoms with E-state index in [-0.39, 0.29) is 12.6 Å². The van der Waals surface area contributed by atoms with Gasteiger partial charge in [-0.2, -0.15) is 0 Å². The number of hydrogen-bond donors (Lipinski definition) is 2. The van der Waals surface area contributed by atoms with Crippen LogP contribution in [0.2, 0.25) is 0 Å². The van der Waals surface area contributed by atoms with Gasteiger partial charge in [0, 0.05) is 12.6 Å². The van der Waals surface area contributed by atoms with E-state index < -0.39 is 0 Å². The monoisotopic (exact) mass is 209 g/mol. The fourth-order valence-corrected chi connectivity index (χ4v) is 5.08. The lowest BCUT2D eigenvalue weighted by Gasteiger charge is -2.59. The number of aliphatic hydroxyl groups is 1. The SMILES string of the molecule is N[C@H](CCO)C12CC3CC(CC(C3)C1)C2. The molecule has 0 aromatic heterocycles. The van der Waals surface area contributed by atoms with Crippen LogP contribution < -0.4 is 5.73 Å². The Labute approximate surface area is 92.2 Å². The second kappa shape index (κ2) is 3.46. The van der Waals surface area contributed by atoms with Gasteiger partial charge in [0.1, 0.15) is 0 Å². The zero-order valence-corrected chi connectivity index (χ0v) is 9.49. The first kappa shape index (κ1) is 10.1. The summed E-state index contributed by atoms with van der Waals surface area (Å²) >= 11 is 0. The van der Waals surface area contributed by atoms with Gasteiger partial charge in [-0.3, -0.25) is 0 Å². The molecule has 86 valence electrons. The molecule has 0 aromatic carbocycles. The van der Waals surface area contributed by atoms with E-state index in [1.54, 1.807) is 0 Å². The smallest absolute Gasteiger partial charge is 0.0445 e. The Hall–Kier alpha value is -0.0800. The molecule has 4 bridgehead atoms. The minimum atomic E-state index is 0.260. The quantitative estimate of drug-likeness (QED) is 0.746. The third kappa shape index (κ3) is 1.53. The Kier molecular flexibility index (Phi) is 2.33. The summed E-state index contributed by atoms with van der Waals surface area (Å²) in [5.74, 6) is 2.92. The van der Waals surface area contributed by atoms with Crippen LogP contribution in [0.5, 0.6) is 0 Å². The highest BCUT2D eigenvalue weighted by Gasteiger charge is 2.52. The maximum atomic E-state index is 9.06. The molecule has 0 radical (unpaired) electrons. The summed E-state index contributed by atoms with van der Waals surface area (Å²) in [6.45, 7) is 0.267. The minimum absolute atomic E-state index is 0.260. The number of nitrogens with two attached hydrogens (primary N) is 1. The topological polar surface area (TPSA) is 46.2 Å². The number of aliphatic hydroxyl groups excluding tert-OH is 1. The normalized spacial score (nSPS) is 49.6. The van der Waals surface area contributed by atoms with E-state index in [9.17, 15) is 0 Å². The molecule has 4 saturated carbocycles. The summed E-state index contributed by atoms with van der Waals surface area (Å²) in [6, 6.07) is 0.260. The summed E-state index contributed by atoms with van der Waals surface area (Å²) in [7, 11) is 0. The lowest BCUT2D eigenvalue weighted by atomic mass is 9.47. The Morgan fingerprint density at radius 2 is 1.53 bits per heavy atom. The lowest BCUT2D eigenvalue weighted by Crippen LogP contribution is -2.54. The van der Waals surface area contributed by atoms with Crippen molar-refractivity contribution < 1.29 is 5.11 Å². The minimum Gasteiger partial charge on any atom is -0.396 e. The van der Waals surface area contributed by atoms with Gasteiger partial charge < -0.3 is 10.8 Å². The van der Waals surface area contributed by atoms with Crippen LogP contribution in [0.15, 0.2) is 0 Å². The van der Waals surface area contributed by atoms with Gasteiger partial charge in [0.2, 0.25) is 0 Å². The van der Waals surface area contributed by atoms with Crippen molar-refractivity contribution in [3.05, 3.63) is 0 Å². The van der Waals surface area contributed by atoms with E-state index in [0.29, 0.717) is 5.41 Å². The molecule has 0 heterocycles. The van der Waals surface area contributed by atoms with Crippen molar-refractivity contribution in [2.24, 2.45) is 28.9 Å². The molecule has 4 fully saturated rings. The van der Waals surface area contributed by atoms with E-state index >= 15 is 0 Å². The summed E-state index contributed by atoms with van der Waals surface area (Å²) in [6.07, 6.45) is 9.33. The highest BCUT2D eigenvalue weighted by atomic mass is 16.3. The molecule has 4 rings (SSSR count). The molecule has 0 aliphatic heterocycles. The van der Waals surface area contributed by atoms with Crippen molar-refractivity contribution >= 4 is 0 Å². The van der Waals surface area contributed by atoms with Crippen molar-refractivity contribution in [3.63, 3.8) is 0 Å². The Morgan fingerprint density at radius 1 is 1.07 bits per heavy atom. The first-order valence-corrected chi connectivity index (χ1v) is 6.58. The Morgan fingerprint density at radius 3 is 1.93 bits per heavy atom. The van der Waals surface area contributed by atoms with Gasteiger partial charge >= 0.3 is 0 Å². The fourth-order valence-electron chi connectivity index (χ4n) is 5.08. The van der Waals surface area contributed by atoms with Crippen molar-refractivity contribution in [2.45, 2.75) is 51.0 Å². The Bertz CT molecular complexity index is 216. The van der Waals surface area contributed by atoms with Crippen LogP contribution >= 0.6 is 0 Å². The zero-order valence-electron chi connectivity index (χ0n) is 9.49. The van der Waals surface area contributed by atoms with Crippen LogP contribution in [0.1, 0.15) is 44.9 Å². The van der Waals surface area contributed by atoms with Gasteiger partial charge in [0.05, 0.1) is 0 Å². The van der Waals surface area contributed by atoms with E-state index in [1.807, 2.05) is 0 Å². The standard InChI is InChI=1S/C13H23NO/c14-12(1-2-15)13-6-9-3-10(7-13)5-11(4-9)8-13/h9-12,15H,1-8,14H2/t9?,10?,11?,12-,13?/m1/s1. The number of rotatable bonds is 3. The predicted octanol–water partition coefficient (Wildman–Crippen LogP) is 1.91. The molecule has 0 unspecified atom stereocenters. The summed E-state index contributed by atoms with van der Waals surface area (Å²) in [5, 5.41) is 9.06. The largest absolute Gasteiger partial charge is 0.396 e. The van der Waals surface area contributed by atoms with Crippen molar-refractivity contribution in [1.29, 1.82) is 0 Å². The van der Waals surface area contributed by atoms with Crippen LogP contribution in [-0.2, 0) is 0 Å². The number of hydrogen-bond acceptors (Lipinski definition) is 2. The highest BCUT2D eigenvalue weighted by molar-refractivity contribution is 5.05.